The first-order valence-corrected chi connectivity index (χ1v) is 11.9. The average molecular weight is 457 g/mol. The first kappa shape index (κ1) is 20.6. The molecule has 1 aliphatic heterocycles. The lowest BCUT2D eigenvalue weighted by molar-refractivity contribution is 0.413. The predicted octanol–water partition coefficient (Wildman–Crippen LogP) is 5.19. The van der Waals surface area contributed by atoms with Crippen LogP contribution in [0.3, 0.4) is 0 Å². The molecule has 5 nitrogen and oxygen atoms in total. The highest BCUT2D eigenvalue weighted by atomic mass is 35.5. The van der Waals surface area contributed by atoms with Crippen molar-refractivity contribution in [2.24, 2.45) is 0 Å². The Balaban J connectivity index is 1.79. The zero-order chi connectivity index (χ0) is 21.3. The maximum atomic E-state index is 13.3. The number of sulfonamides is 1. The summed E-state index contributed by atoms with van der Waals surface area (Å²) in [6.45, 7) is 0.378. The van der Waals surface area contributed by atoms with Gasteiger partial charge in [-0.15, -0.1) is 11.8 Å². The van der Waals surface area contributed by atoms with Gasteiger partial charge in [-0.2, -0.15) is 5.26 Å². The molecule has 0 amide bonds. The summed E-state index contributed by atoms with van der Waals surface area (Å²) in [5.41, 5.74) is 2.77. The molecule has 3 aromatic rings. The number of fused-ring (bicyclic) bond motifs is 1. The van der Waals surface area contributed by atoms with Gasteiger partial charge in [-0.3, -0.25) is 4.31 Å². The first-order valence-electron chi connectivity index (χ1n) is 9.08. The van der Waals surface area contributed by atoms with E-state index >= 15 is 0 Å². The van der Waals surface area contributed by atoms with Gasteiger partial charge in [0.1, 0.15) is 11.8 Å². The van der Waals surface area contributed by atoms with E-state index in [0.717, 1.165) is 16.0 Å². The number of anilines is 1. The van der Waals surface area contributed by atoms with Crippen molar-refractivity contribution in [2.75, 3.05) is 23.7 Å². The second-order valence-electron chi connectivity index (χ2n) is 6.59. The summed E-state index contributed by atoms with van der Waals surface area (Å²) in [4.78, 5) is 1.11. The second-order valence-corrected chi connectivity index (χ2v) is 10.0. The fraction of sp³-hybridized carbons (Fsp3) is 0.136. The Bertz CT molecular complexity index is 1250. The smallest absolute Gasteiger partial charge is 0.264 e. The standard InChI is InChI=1S/C22H17ClN2O3S2/c1-28-21-13-16(2-3-17(21)14-24)15-4-9-22-20(12-15)25(10-11-29-22)30(26,27)19-7-5-18(23)6-8-19/h2-9,12-13H,10-11H2,1H3. The summed E-state index contributed by atoms with van der Waals surface area (Å²) in [6, 6.07) is 19.4. The second kappa shape index (κ2) is 8.23. The Morgan fingerprint density at radius 1 is 1.07 bits per heavy atom. The summed E-state index contributed by atoms with van der Waals surface area (Å²) in [5, 5.41) is 9.69. The molecule has 1 heterocycles. The van der Waals surface area contributed by atoms with Crippen molar-refractivity contribution in [1.82, 2.24) is 0 Å². The van der Waals surface area contributed by atoms with Crippen LogP contribution in [-0.2, 0) is 10.0 Å². The number of rotatable bonds is 4. The lowest BCUT2D eigenvalue weighted by Gasteiger charge is -2.30. The fourth-order valence-electron chi connectivity index (χ4n) is 3.32. The quantitative estimate of drug-likeness (QED) is 0.540. The van der Waals surface area contributed by atoms with Crippen LogP contribution in [0.2, 0.25) is 5.02 Å². The van der Waals surface area contributed by atoms with E-state index in [0.29, 0.717) is 34.3 Å². The van der Waals surface area contributed by atoms with Crippen LogP contribution < -0.4 is 9.04 Å². The SMILES string of the molecule is COc1cc(-c2ccc3c(c2)N(S(=O)(=O)c2ccc(Cl)cc2)CCS3)ccc1C#N. The molecule has 0 fully saturated rings. The number of benzene rings is 3. The van der Waals surface area contributed by atoms with Gasteiger partial charge >= 0.3 is 0 Å². The molecule has 0 saturated carbocycles. The third-order valence-electron chi connectivity index (χ3n) is 4.84. The van der Waals surface area contributed by atoms with Gasteiger partial charge in [-0.1, -0.05) is 23.7 Å². The summed E-state index contributed by atoms with van der Waals surface area (Å²) in [5.74, 6) is 1.15. The molecule has 0 N–H and O–H groups in total. The molecule has 8 heteroatoms. The van der Waals surface area contributed by atoms with Crippen LogP contribution >= 0.6 is 23.4 Å². The van der Waals surface area contributed by atoms with E-state index in [-0.39, 0.29) is 4.90 Å². The van der Waals surface area contributed by atoms with E-state index in [1.165, 1.54) is 23.5 Å². The van der Waals surface area contributed by atoms with E-state index < -0.39 is 10.0 Å². The monoisotopic (exact) mass is 456 g/mol. The maximum Gasteiger partial charge on any atom is 0.264 e. The van der Waals surface area contributed by atoms with Gasteiger partial charge < -0.3 is 4.74 Å². The number of thioether (sulfide) groups is 1. The van der Waals surface area contributed by atoms with Crippen molar-refractivity contribution in [1.29, 1.82) is 5.26 Å². The van der Waals surface area contributed by atoms with E-state index in [1.54, 1.807) is 36.0 Å². The predicted molar refractivity (Wildman–Crippen MR) is 120 cm³/mol. The molecule has 30 heavy (non-hydrogen) atoms. The highest BCUT2D eigenvalue weighted by molar-refractivity contribution is 8.00. The molecule has 0 aliphatic carbocycles. The van der Waals surface area contributed by atoms with Gasteiger partial charge in [-0.25, -0.2) is 8.42 Å². The minimum absolute atomic E-state index is 0.204. The van der Waals surface area contributed by atoms with Crippen LogP contribution in [0, 0.1) is 11.3 Å². The zero-order valence-electron chi connectivity index (χ0n) is 16.0. The molecular formula is C22H17ClN2O3S2. The minimum Gasteiger partial charge on any atom is -0.495 e. The Morgan fingerprint density at radius 3 is 2.47 bits per heavy atom. The van der Waals surface area contributed by atoms with E-state index in [9.17, 15) is 13.7 Å². The molecule has 0 aromatic heterocycles. The lowest BCUT2D eigenvalue weighted by atomic mass is 10.0. The number of hydrogen-bond donors (Lipinski definition) is 0. The molecule has 0 atom stereocenters. The Hall–Kier alpha value is -2.66. The Kier molecular flexibility index (Phi) is 5.65. The number of hydrogen-bond acceptors (Lipinski definition) is 5. The van der Waals surface area contributed by atoms with Gasteiger partial charge in [0.05, 0.1) is 23.3 Å². The van der Waals surface area contributed by atoms with Crippen LogP contribution in [0.4, 0.5) is 5.69 Å². The topological polar surface area (TPSA) is 70.4 Å². The minimum atomic E-state index is -3.72. The van der Waals surface area contributed by atoms with Crippen molar-refractivity contribution in [2.45, 2.75) is 9.79 Å². The molecule has 4 rings (SSSR count). The number of nitrogens with zero attached hydrogens (tertiary/aromatic N) is 2. The summed E-state index contributed by atoms with van der Waals surface area (Å²) in [7, 11) is -2.20. The highest BCUT2D eigenvalue weighted by Gasteiger charge is 2.29. The average Bonchev–Trinajstić information content (AvgIpc) is 2.78. The molecular weight excluding hydrogens is 440 g/mol. The number of ether oxygens (including phenoxy) is 1. The van der Waals surface area contributed by atoms with Gasteiger partial charge in [-0.05, 0) is 59.7 Å². The van der Waals surface area contributed by atoms with Crippen LogP contribution in [0.25, 0.3) is 11.1 Å². The van der Waals surface area contributed by atoms with E-state index in [2.05, 4.69) is 6.07 Å². The van der Waals surface area contributed by atoms with Crippen LogP contribution in [0.5, 0.6) is 5.75 Å². The van der Waals surface area contributed by atoms with Crippen LogP contribution in [0.15, 0.2) is 70.5 Å². The Labute approximate surface area is 184 Å². The van der Waals surface area contributed by atoms with Gasteiger partial charge in [0.15, 0.2) is 0 Å². The van der Waals surface area contributed by atoms with Gasteiger partial charge in [0.25, 0.3) is 10.0 Å². The summed E-state index contributed by atoms with van der Waals surface area (Å²) >= 11 is 7.55. The largest absolute Gasteiger partial charge is 0.495 e. The molecule has 0 bridgehead atoms. The van der Waals surface area contributed by atoms with E-state index in [4.69, 9.17) is 16.3 Å². The van der Waals surface area contributed by atoms with Gasteiger partial charge in [0.2, 0.25) is 0 Å². The third-order valence-corrected chi connectivity index (χ3v) is 7.96. The normalized spacial score (nSPS) is 13.4. The number of methoxy groups -OCH3 is 1. The molecule has 3 aromatic carbocycles. The molecule has 0 unspecified atom stereocenters. The number of nitriles is 1. The molecule has 0 radical (unpaired) electrons. The maximum absolute atomic E-state index is 13.3. The van der Waals surface area contributed by atoms with Crippen molar-refractivity contribution >= 4 is 39.1 Å². The highest BCUT2D eigenvalue weighted by Crippen LogP contribution is 2.41. The van der Waals surface area contributed by atoms with Crippen molar-refractivity contribution in [3.8, 4) is 22.9 Å². The lowest BCUT2D eigenvalue weighted by Crippen LogP contribution is -2.35. The molecule has 152 valence electrons. The van der Waals surface area contributed by atoms with Crippen molar-refractivity contribution in [3.05, 3.63) is 71.2 Å². The Morgan fingerprint density at radius 2 is 1.77 bits per heavy atom. The van der Waals surface area contributed by atoms with Crippen molar-refractivity contribution in [3.63, 3.8) is 0 Å². The molecule has 0 spiro atoms. The third kappa shape index (κ3) is 3.74. The van der Waals surface area contributed by atoms with Crippen LogP contribution in [-0.4, -0.2) is 27.8 Å². The zero-order valence-corrected chi connectivity index (χ0v) is 18.4. The van der Waals surface area contributed by atoms with Crippen molar-refractivity contribution < 1.29 is 13.2 Å². The summed E-state index contributed by atoms with van der Waals surface area (Å²) < 4.78 is 33.4. The number of halogens is 1. The summed E-state index contributed by atoms with van der Waals surface area (Å²) in [6.07, 6.45) is 0. The van der Waals surface area contributed by atoms with E-state index in [1.807, 2.05) is 24.3 Å². The van der Waals surface area contributed by atoms with Crippen LogP contribution in [0.1, 0.15) is 5.56 Å². The first-order chi connectivity index (χ1) is 14.4. The fourth-order valence-corrected chi connectivity index (χ4v) is 6.07. The molecule has 0 saturated heterocycles. The van der Waals surface area contributed by atoms with Gasteiger partial charge in [0, 0.05) is 22.2 Å². The molecule has 1 aliphatic rings.